The van der Waals surface area contributed by atoms with Crippen LogP contribution in [0, 0.1) is 0 Å². The average molecular weight is 406 g/mol. The van der Waals surface area contributed by atoms with Gasteiger partial charge in [0.1, 0.15) is 6.17 Å². The van der Waals surface area contributed by atoms with E-state index in [4.69, 9.17) is 47.0 Å². The molecule has 1 amide bonds. The number of alkyl halides is 3. The van der Waals surface area contributed by atoms with Gasteiger partial charge in [0.05, 0.1) is 0 Å². The molecule has 0 aliphatic heterocycles. The summed E-state index contributed by atoms with van der Waals surface area (Å²) in [5.74, 6) is 0. The van der Waals surface area contributed by atoms with Gasteiger partial charge in [-0.1, -0.05) is 50.7 Å². The van der Waals surface area contributed by atoms with E-state index in [9.17, 15) is 4.79 Å². The number of benzene rings is 1. The van der Waals surface area contributed by atoms with Crippen molar-refractivity contribution in [2.75, 3.05) is 5.32 Å². The third kappa shape index (κ3) is 6.14. The maximum atomic E-state index is 10.4. The van der Waals surface area contributed by atoms with Gasteiger partial charge in [-0.25, -0.2) is 0 Å². The van der Waals surface area contributed by atoms with E-state index in [1.165, 1.54) is 0 Å². The lowest BCUT2D eigenvalue weighted by atomic mass is 10.3. The molecule has 4 nitrogen and oxygen atoms in total. The van der Waals surface area contributed by atoms with Crippen molar-refractivity contribution in [3.63, 3.8) is 0 Å². The van der Waals surface area contributed by atoms with Gasteiger partial charge in [0.2, 0.25) is 10.2 Å². The highest BCUT2D eigenvalue weighted by molar-refractivity contribution is 9.10. The molecule has 0 saturated carbocycles. The van der Waals surface area contributed by atoms with Gasteiger partial charge in [0.25, 0.3) is 0 Å². The van der Waals surface area contributed by atoms with Gasteiger partial charge in [-0.3, -0.25) is 4.79 Å². The second kappa shape index (κ2) is 7.50. The predicted molar refractivity (Wildman–Crippen MR) is 86.8 cm³/mol. The van der Waals surface area contributed by atoms with Crippen molar-refractivity contribution in [3.05, 3.63) is 28.7 Å². The van der Waals surface area contributed by atoms with Crippen LogP contribution >= 0.6 is 63.0 Å². The first-order chi connectivity index (χ1) is 8.82. The number of hydrogen-bond acceptors (Lipinski definition) is 2. The van der Waals surface area contributed by atoms with Gasteiger partial charge in [0, 0.05) is 10.2 Å². The van der Waals surface area contributed by atoms with Crippen LogP contribution < -0.4 is 16.0 Å². The molecule has 3 N–H and O–H groups in total. The molecule has 1 atom stereocenters. The summed E-state index contributed by atoms with van der Waals surface area (Å²) in [6.07, 6.45) is -0.521. The summed E-state index contributed by atoms with van der Waals surface area (Å²) in [6, 6.07) is 7.33. The van der Waals surface area contributed by atoms with Crippen molar-refractivity contribution >= 4 is 80.2 Å². The summed E-state index contributed by atoms with van der Waals surface area (Å²) in [5, 5.41) is 8.13. The van der Waals surface area contributed by atoms with Crippen molar-refractivity contribution in [2.24, 2.45) is 0 Å². The Morgan fingerprint density at radius 3 is 2.37 bits per heavy atom. The minimum absolute atomic E-state index is 0.216. The zero-order chi connectivity index (χ0) is 14.5. The number of amides is 1. The molecular weight excluding hydrogens is 396 g/mol. The summed E-state index contributed by atoms with van der Waals surface area (Å²) in [7, 11) is 0. The molecule has 1 aromatic carbocycles. The molecule has 0 saturated heterocycles. The fraction of sp³-hybridized carbons (Fsp3) is 0.200. The third-order valence-corrected chi connectivity index (χ3v) is 3.34. The molecule has 0 aromatic heterocycles. The highest BCUT2D eigenvalue weighted by atomic mass is 79.9. The van der Waals surface area contributed by atoms with E-state index in [1.807, 2.05) is 24.3 Å². The van der Waals surface area contributed by atoms with Crippen LogP contribution in [0.1, 0.15) is 0 Å². The molecule has 0 aliphatic rings. The molecule has 1 aromatic rings. The molecule has 1 rings (SSSR count). The second-order valence-electron chi connectivity index (χ2n) is 3.36. The Balaban J connectivity index is 2.62. The highest BCUT2D eigenvalue weighted by Crippen LogP contribution is 2.28. The smallest absolute Gasteiger partial charge is 0.228 e. The fourth-order valence-corrected chi connectivity index (χ4v) is 1.97. The summed E-state index contributed by atoms with van der Waals surface area (Å²) in [4.78, 5) is 10.4. The van der Waals surface area contributed by atoms with E-state index in [2.05, 4.69) is 31.9 Å². The number of thiocarbonyl (C=S) groups is 1. The fourth-order valence-electron chi connectivity index (χ4n) is 1.12. The number of nitrogens with one attached hydrogen (secondary N) is 3. The number of rotatable bonds is 4. The van der Waals surface area contributed by atoms with Crippen molar-refractivity contribution in [1.82, 2.24) is 10.6 Å². The molecule has 1 unspecified atom stereocenters. The largest absolute Gasteiger partial charge is 0.339 e. The Morgan fingerprint density at radius 1 is 1.32 bits per heavy atom. The minimum atomic E-state index is -1.73. The topological polar surface area (TPSA) is 53.2 Å². The van der Waals surface area contributed by atoms with E-state index in [0.29, 0.717) is 6.41 Å². The monoisotopic (exact) mass is 403 g/mol. The van der Waals surface area contributed by atoms with Gasteiger partial charge < -0.3 is 16.0 Å². The zero-order valence-corrected chi connectivity index (χ0v) is 14.0. The predicted octanol–water partition coefficient (Wildman–Crippen LogP) is 3.18. The first kappa shape index (κ1) is 16.8. The van der Waals surface area contributed by atoms with E-state index in [1.54, 1.807) is 0 Å². The van der Waals surface area contributed by atoms with E-state index >= 15 is 0 Å². The van der Waals surface area contributed by atoms with Gasteiger partial charge in [-0.05, 0) is 36.5 Å². The van der Waals surface area contributed by atoms with Crippen molar-refractivity contribution in [1.29, 1.82) is 0 Å². The Kier molecular flexibility index (Phi) is 6.62. The van der Waals surface area contributed by atoms with Crippen molar-refractivity contribution < 1.29 is 4.79 Å². The minimum Gasteiger partial charge on any atom is -0.339 e. The van der Waals surface area contributed by atoms with Crippen LogP contribution in [-0.4, -0.2) is 21.5 Å². The molecule has 0 fully saturated rings. The summed E-state index contributed by atoms with van der Waals surface area (Å²) in [5.41, 5.74) is 0.759. The first-order valence-corrected chi connectivity index (χ1v) is 7.26. The summed E-state index contributed by atoms with van der Waals surface area (Å²) in [6.45, 7) is 0. The maximum absolute atomic E-state index is 10.4. The molecule has 9 heteroatoms. The van der Waals surface area contributed by atoms with Crippen LogP contribution in [0.15, 0.2) is 28.7 Å². The van der Waals surface area contributed by atoms with Crippen LogP contribution in [0.2, 0.25) is 0 Å². The standard InChI is InChI=1S/C10H9BrCl3N3OS/c11-6-1-3-7(4-2-6)16-9(19)17-8(15-5-18)10(12,13)14/h1-5,8H,(H,15,18)(H2,16,17,19). The Morgan fingerprint density at radius 2 is 1.89 bits per heavy atom. The Hall–Kier alpha value is -0.270. The first-order valence-electron chi connectivity index (χ1n) is 4.92. The highest BCUT2D eigenvalue weighted by Gasteiger charge is 2.32. The third-order valence-electron chi connectivity index (χ3n) is 1.94. The molecule has 19 heavy (non-hydrogen) atoms. The second-order valence-corrected chi connectivity index (χ2v) is 7.06. The van der Waals surface area contributed by atoms with E-state index in [0.717, 1.165) is 10.2 Å². The maximum Gasteiger partial charge on any atom is 0.228 e. The Bertz CT molecular complexity index is 452. The van der Waals surface area contributed by atoms with Gasteiger partial charge in [0.15, 0.2) is 5.11 Å². The average Bonchev–Trinajstić information content (AvgIpc) is 2.30. The van der Waals surface area contributed by atoms with Crippen LogP contribution in [0.4, 0.5) is 5.69 Å². The number of anilines is 1. The van der Waals surface area contributed by atoms with Crippen LogP contribution in [-0.2, 0) is 4.79 Å². The summed E-state index contributed by atoms with van der Waals surface area (Å²) < 4.78 is -0.787. The molecule has 0 aliphatic carbocycles. The van der Waals surface area contributed by atoms with Crippen LogP contribution in [0.3, 0.4) is 0 Å². The lowest BCUT2D eigenvalue weighted by Gasteiger charge is -2.26. The van der Waals surface area contributed by atoms with E-state index in [-0.39, 0.29) is 5.11 Å². The quantitative estimate of drug-likeness (QED) is 0.312. The normalized spacial score (nSPS) is 12.4. The number of carbonyl (C=O) groups is 1. The molecular formula is C10H9BrCl3N3OS. The van der Waals surface area contributed by atoms with Crippen LogP contribution in [0.5, 0.6) is 0 Å². The number of hydrogen-bond donors (Lipinski definition) is 3. The molecule has 0 spiro atoms. The van der Waals surface area contributed by atoms with Gasteiger partial charge in [-0.2, -0.15) is 0 Å². The lowest BCUT2D eigenvalue weighted by Crippen LogP contribution is -2.53. The van der Waals surface area contributed by atoms with Crippen molar-refractivity contribution in [2.45, 2.75) is 9.96 Å². The SMILES string of the molecule is O=CNC(NC(=S)Nc1ccc(Br)cc1)C(Cl)(Cl)Cl. The molecule has 0 radical (unpaired) electrons. The van der Waals surface area contributed by atoms with Gasteiger partial charge >= 0.3 is 0 Å². The molecule has 0 bridgehead atoms. The summed E-state index contributed by atoms with van der Waals surface area (Å²) >= 11 is 25.5. The zero-order valence-electron chi connectivity index (χ0n) is 9.29. The molecule has 104 valence electrons. The van der Waals surface area contributed by atoms with E-state index < -0.39 is 9.96 Å². The Labute approximate surface area is 139 Å². The number of halogens is 4. The van der Waals surface area contributed by atoms with Gasteiger partial charge in [-0.15, -0.1) is 0 Å². The van der Waals surface area contributed by atoms with Crippen molar-refractivity contribution in [3.8, 4) is 0 Å². The lowest BCUT2D eigenvalue weighted by molar-refractivity contribution is -0.110. The van der Waals surface area contributed by atoms with Crippen LogP contribution in [0.25, 0.3) is 0 Å². The molecule has 0 heterocycles. The number of carbonyl (C=O) groups excluding carboxylic acids is 1.